The van der Waals surface area contributed by atoms with Gasteiger partial charge in [-0.3, -0.25) is 0 Å². The molecule has 0 saturated heterocycles. The minimum Gasteiger partial charge on any atom is -0.492 e. The zero-order chi connectivity index (χ0) is 10.3. The van der Waals surface area contributed by atoms with Gasteiger partial charge in [-0.1, -0.05) is 20.8 Å². The van der Waals surface area contributed by atoms with Crippen molar-refractivity contribution in [1.29, 1.82) is 0 Å². The van der Waals surface area contributed by atoms with Crippen molar-refractivity contribution in [3.8, 4) is 5.88 Å². The molecule has 0 spiro atoms. The summed E-state index contributed by atoms with van der Waals surface area (Å²) in [4.78, 5) is 4.33. The van der Waals surface area contributed by atoms with Crippen LogP contribution in [0.15, 0.2) is 18.3 Å². The minimum absolute atomic E-state index is 0.133. The van der Waals surface area contributed by atoms with Gasteiger partial charge >= 0.3 is 0 Å². The van der Waals surface area contributed by atoms with E-state index in [-0.39, 0.29) is 11.3 Å². The van der Waals surface area contributed by atoms with Gasteiger partial charge in [-0.05, 0) is 12.1 Å². The fourth-order valence-electron chi connectivity index (χ4n) is 1.38. The average Bonchev–Trinajstić information content (AvgIpc) is 2.44. The Morgan fingerprint density at radius 1 is 1.36 bits per heavy atom. The van der Waals surface area contributed by atoms with Crippen molar-refractivity contribution in [3.05, 3.63) is 24.0 Å². The molecule has 0 amide bonds. The fraction of sp³-hybridized carbons (Fsp3) is 0.400. The van der Waals surface area contributed by atoms with Gasteiger partial charge in [-0.25, -0.2) is 4.98 Å². The van der Waals surface area contributed by atoms with Gasteiger partial charge in [0.05, 0.1) is 0 Å². The van der Waals surface area contributed by atoms with Gasteiger partial charge in [0.2, 0.25) is 5.88 Å². The molecule has 0 aromatic carbocycles. The van der Waals surface area contributed by atoms with Crippen LogP contribution in [-0.2, 0) is 5.41 Å². The summed E-state index contributed by atoms with van der Waals surface area (Å²) in [5.74, 6) is 0.133. The highest BCUT2D eigenvalue weighted by Gasteiger charge is 2.23. The largest absolute Gasteiger partial charge is 0.492 e. The molecule has 14 heavy (non-hydrogen) atoms. The fourth-order valence-corrected chi connectivity index (χ4v) is 1.38. The number of rotatable bonds is 0. The third-order valence-corrected chi connectivity index (χ3v) is 2.08. The molecule has 2 heterocycles. The van der Waals surface area contributed by atoms with E-state index in [1.807, 2.05) is 26.8 Å². The first-order chi connectivity index (χ1) is 6.50. The Morgan fingerprint density at radius 2 is 2.07 bits per heavy atom. The maximum Gasteiger partial charge on any atom is 0.236 e. The molecule has 2 aromatic rings. The molecule has 4 heteroatoms. The average molecular weight is 191 g/mol. The smallest absolute Gasteiger partial charge is 0.236 e. The topological polar surface area (TPSA) is 50.4 Å². The van der Waals surface area contributed by atoms with Crippen molar-refractivity contribution >= 4 is 5.65 Å². The van der Waals surface area contributed by atoms with Gasteiger partial charge < -0.3 is 5.11 Å². The summed E-state index contributed by atoms with van der Waals surface area (Å²) in [5.41, 5.74) is 1.18. The maximum absolute atomic E-state index is 9.86. The number of nitrogens with zero attached hydrogens (tertiary/aromatic N) is 3. The molecule has 1 N–H and O–H groups in total. The van der Waals surface area contributed by atoms with Crippen molar-refractivity contribution in [2.45, 2.75) is 26.2 Å². The van der Waals surface area contributed by atoms with Crippen LogP contribution in [0.4, 0.5) is 0 Å². The first-order valence-corrected chi connectivity index (χ1v) is 4.53. The van der Waals surface area contributed by atoms with Crippen LogP contribution in [0.25, 0.3) is 5.65 Å². The summed E-state index contributed by atoms with van der Waals surface area (Å²) in [7, 11) is 0. The molecule has 0 bridgehead atoms. The molecular weight excluding hydrogens is 178 g/mol. The molecule has 74 valence electrons. The normalized spacial score (nSPS) is 12.2. The van der Waals surface area contributed by atoms with Crippen LogP contribution in [0.1, 0.15) is 26.5 Å². The number of hydrogen-bond acceptors (Lipinski definition) is 3. The van der Waals surface area contributed by atoms with Gasteiger partial charge in [0.1, 0.15) is 5.69 Å². The Morgan fingerprint density at radius 3 is 2.64 bits per heavy atom. The van der Waals surface area contributed by atoms with Crippen molar-refractivity contribution in [1.82, 2.24) is 14.6 Å². The number of imidazole rings is 1. The number of fused-ring (bicyclic) bond motifs is 1. The first-order valence-electron chi connectivity index (χ1n) is 4.53. The van der Waals surface area contributed by atoms with E-state index in [0.29, 0.717) is 11.3 Å². The van der Waals surface area contributed by atoms with E-state index < -0.39 is 0 Å². The number of aromatic hydroxyl groups is 1. The molecular formula is C10H13N3O. The molecule has 0 atom stereocenters. The van der Waals surface area contributed by atoms with Crippen LogP contribution >= 0.6 is 0 Å². The lowest BCUT2D eigenvalue weighted by Crippen LogP contribution is -2.11. The molecule has 0 aliphatic carbocycles. The SMILES string of the molecule is CC(C)(C)c1nc2cccnn2c1O. The highest BCUT2D eigenvalue weighted by Crippen LogP contribution is 2.29. The molecule has 2 aromatic heterocycles. The Balaban J connectivity index is 2.75. The van der Waals surface area contributed by atoms with Gasteiger partial charge in [0, 0.05) is 11.6 Å². The molecule has 4 nitrogen and oxygen atoms in total. The number of aromatic nitrogens is 3. The summed E-state index contributed by atoms with van der Waals surface area (Å²) in [5, 5.41) is 13.9. The molecule has 0 aliphatic heterocycles. The van der Waals surface area contributed by atoms with Crippen LogP contribution in [0.5, 0.6) is 5.88 Å². The lowest BCUT2D eigenvalue weighted by atomic mass is 9.93. The summed E-state index contributed by atoms with van der Waals surface area (Å²) >= 11 is 0. The summed E-state index contributed by atoms with van der Waals surface area (Å²) in [6.07, 6.45) is 1.63. The molecule has 2 rings (SSSR count). The van der Waals surface area contributed by atoms with Crippen LogP contribution in [0, 0.1) is 0 Å². The van der Waals surface area contributed by atoms with E-state index in [1.165, 1.54) is 4.52 Å². The first kappa shape index (κ1) is 8.99. The molecule has 0 unspecified atom stereocenters. The van der Waals surface area contributed by atoms with E-state index in [0.717, 1.165) is 0 Å². The zero-order valence-electron chi connectivity index (χ0n) is 8.52. The highest BCUT2D eigenvalue weighted by molar-refractivity contribution is 5.45. The van der Waals surface area contributed by atoms with Gasteiger partial charge in [0.15, 0.2) is 5.65 Å². The van der Waals surface area contributed by atoms with E-state index in [4.69, 9.17) is 0 Å². The van der Waals surface area contributed by atoms with Gasteiger partial charge in [-0.2, -0.15) is 9.61 Å². The van der Waals surface area contributed by atoms with Crippen molar-refractivity contribution < 1.29 is 5.11 Å². The van der Waals surface area contributed by atoms with Crippen molar-refractivity contribution in [3.63, 3.8) is 0 Å². The molecule has 0 saturated carbocycles. The maximum atomic E-state index is 9.86. The Hall–Kier alpha value is -1.58. The molecule has 0 aliphatic rings. The second-order valence-corrected chi connectivity index (χ2v) is 4.33. The predicted octanol–water partition coefficient (Wildman–Crippen LogP) is 1.73. The molecule has 0 fully saturated rings. The Kier molecular flexibility index (Phi) is 1.74. The second kappa shape index (κ2) is 2.70. The third-order valence-electron chi connectivity index (χ3n) is 2.08. The van der Waals surface area contributed by atoms with Crippen LogP contribution < -0.4 is 0 Å². The predicted molar refractivity (Wildman–Crippen MR) is 53.4 cm³/mol. The monoisotopic (exact) mass is 191 g/mol. The van der Waals surface area contributed by atoms with E-state index in [1.54, 1.807) is 12.3 Å². The Bertz CT molecular complexity index is 468. The van der Waals surface area contributed by atoms with Crippen molar-refractivity contribution in [2.24, 2.45) is 0 Å². The Labute approximate surface area is 82.2 Å². The van der Waals surface area contributed by atoms with Crippen LogP contribution in [-0.4, -0.2) is 19.7 Å². The van der Waals surface area contributed by atoms with E-state index in [2.05, 4.69) is 10.1 Å². The van der Waals surface area contributed by atoms with Gasteiger partial charge in [0.25, 0.3) is 0 Å². The summed E-state index contributed by atoms with van der Waals surface area (Å²) in [6.45, 7) is 6.03. The van der Waals surface area contributed by atoms with E-state index >= 15 is 0 Å². The lowest BCUT2D eigenvalue weighted by Gasteiger charge is -2.14. The van der Waals surface area contributed by atoms with Crippen LogP contribution in [0.3, 0.4) is 0 Å². The second-order valence-electron chi connectivity index (χ2n) is 4.33. The standard InChI is InChI=1S/C10H13N3O/c1-10(2,3)8-9(14)13-7(12-8)5-4-6-11-13/h4-6,14H,1-3H3. The van der Waals surface area contributed by atoms with Crippen LogP contribution in [0.2, 0.25) is 0 Å². The van der Waals surface area contributed by atoms with Gasteiger partial charge in [-0.15, -0.1) is 0 Å². The number of hydrogen-bond donors (Lipinski definition) is 1. The third kappa shape index (κ3) is 1.23. The quantitative estimate of drug-likeness (QED) is 0.690. The summed E-state index contributed by atoms with van der Waals surface area (Å²) in [6, 6.07) is 3.62. The van der Waals surface area contributed by atoms with E-state index in [9.17, 15) is 5.11 Å². The summed E-state index contributed by atoms with van der Waals surface area (Å²) < 4.78 is 1.45. The lowest BCUT2D eigenvalue weighted by molar-refractivity contribution is 0.413. The molecule has 0 radical (unpaired) electrons. The zero-order valence-corrected chi connectivity index (χ0v) is 8.52. The van der Waals surface area contributed by atoms with Crippen molar-refractivity contribution in [2.75, 3.05) is 0 Å². The highest BCUT2D eigenvalue weighted by atomic mass is 16.3. The minimum atomic E-state index is -0.169.